The average molecular weight is 753 g/mol. The summed E-state index contributed by atoms with van der Waals surface area (Å²) in [6.45, 7) is 3.99. The summed E-state index contributed by atoms with van der Waals surface area (Å²) in [5.41, 5.74) is 5.36. The van der Waals surface area contributed by atoms with Gasteiger partial charge in [0.25, 0.3) is 0 Å². The average Bonchev–Trinajstić information content (AvgIpc) is 3.13. The number of aliphatic hydroxyl groups excluding tert-OH is 1. The van der Waals surface area contributed by atoms with E-state index in [0.29, 0.717) is 6.42 Å². The highest BCUT2D eigenvalue weighted by molar-refractivity contribution is 7.47. The number of rotatable bonds is 39. The van der Waals surface area contributed by atoms with E-state index in [4.69, 9.17) is 14.8 Å². The van der Waals surface area contributed by atoms with E-state index in [1.165, 1.54) is 103 Å². The first-order valence-electron chi connectivity index (χ1n) is 21.3. The maximum absolute atomic E-state index is 12.7. The molecule has 0 saturated carbocycles. The number of carbonyl (C=O) groups excluding carboxylic acids is 1. The van der Waals surface area contributed by atoms with E-state index in [9.17, 15) is 19.4 Å². The number of unbranched alkanes of at least 4 members (excludes halogenated alkanes) is 21. The van der Waals surface area contributed by atoms with Crippen LogP contribution in [0.4, 0.5) is 0 Å². The third kappa shape index (κ3) is 36.8. The van der Waals surface area contributed by atoms with Crippen molar-refractivity contribution in [3.63, 3.8) is 0 Å². The maximum Gasteiger partial charge on any atom is 0.472 e. The number of phosphoric acid groups is 1. The van der Waals surface area contributed by atoms with Gasteiger partial charge in [0.15, 0.2) is 0 Å². The van der Waals surface area contributed by atoms with Gasteiger partial charge in [-0.2, -0.15) is 0 Å². The molecule has 0 aliphatic rings. The molecule has 0 heterocycles. The Labute approximate surface area is 320 Å². The Hall–Kier alpha value is -1.54. The van der Waals surface area contributed by atoms with Crippen LogP contribution in [0, 0.1) is 0 Å². The molecule has 0 aliphatic heterocycles. The van der Waals surface area contributed by atoms with Gasteiger partial charge in [-0.15, -0.1) is 0 Å². The summed E-state index contributed by atoms with van der Waals surface area (Å²) in [5.74, 6) is -0.224. The standard InChI is InChI=1S/C43H81N2O6P/c1-3-5-7-9-11-13-15-17-18-19-20-21-22-23-25-26-28-30-32-34-36-42(46)41(40-51-52(48,49)50-39-38-44)45-43(47)37-35-33-31-29-27-24-16-14-12-10-8-6-4-2/h6,8,12,14,24,27,34,36,41-42,46H,3-5,7,9-11,13,15-23,25-26,28-33,35,37-40,44H2,1-2H3,(H,45,47)(H,48,49)/b8-6-,14-12-,27-24-,36-34+. The van der Waals surface area contributed by atoms with E-state index in [-0.39, 0.29) is 25.7 Å². The number of allylic oxidation sites excluding steroid dienone is 7. The number of phosphoric ester groups is 1. The quantitative estimate of drug-likeness (QED) is 0.0279. The normalized spacial score (nSPS) is 14.6. The predicted octanol–water partition coefficient (Wildman–Crippen LogP) is 11.7. The second-order valence-corrected chi connectivity index (χ2v) is 15.6. The second-order valence-electron chi connectivity index (χ2n) is 14.2. The monoisotopic (exact) mass is 753 g/mol. The highest BCUT2D eigenvalue weighted by Crippen LogP contribution is 2.43. The van der Waals surface area contributed by atoms with Crippen molar-refractivity contribution in [2.45, 2.75) is 199 Å². The molecule has 0 radical (unpaired) electrons. The van der Waals surface area contributed by atoms with Crippen LogP contribution in [0.2, 0.25) is 0 Å². The molecular weight excluding hydrogens is 671 g/mol. The molecule has 9 heteroatoms. The number of hydrogen-bond donors (Lipinski definition) is 4. The van der Waals surface area contributed by atoms with Gasteiger partial charge in [-0.25, -0.2) is 4.57 Å². The van der Waals surface area contributed by atoms with E-state index >= 15 is 0 Å². The number of carbonyl (C=O) groups is 1. The molecule has 0 fully saturated rings. The molecular formula is C43H81N2O6P. The van der Waals surface area contributed by atoms with Crippen LogP contribution in [-0.2, 0) is 18.4 Å². The number of nitrogens with two attached hydrogens (primary N) is 1. The van der Waals surface area contributed by atoms with Gasteiger partial charge < -0.3 is 21.1 Å². The molecule has 0 aromatic heterocycles. The van der Waals surface area contributed by atoms with Crippen molar-refractivity contribution in [3.05, 3.63) is 48.6 Å². The van der Waals surface area contributed by atoms with Crippen LogP contribution in [0.3, 0.4) is 0 Å². The first-order chi connectivity index (χ1) is 25.4. The highest BCUT2D eigenvalue weighted by atomic mass is 31.2. The summed E-state index contributed by atoms with van der Waals surface area (Å²) >= 11 is 0. The number of aliphatic hydroxyl groups is 1. The third-order valence-electron chi connectivity index (χ3n) is 9.16. The van der Waals surface area contributed by atoms with Crippen LogP contribution in [0.5, 0.6) is 0 Å². The Morgan fingerprint density at radius 2 is 1.12 bits per heavy atom. The van der Waals surface area contributed by atoms with E-state index < -0.39 is 20.0 Å². The fraction of sp³-hybridized carbons (Fsp3) is 0.791. The lowest BCUT2D eigenvalue weighted by atomic mass is 10.0. The van der Waals surface area contributed by atoms with Gasteiger partial charge in [-0.05, 0) is 51.4 Å². The Balaban J connectivity index is 4.24. The fourth-order valence-corrected chi connectivity index (χ4v) is 6.73. The molecule has 0 rings (SSSR count). The molecule has 0 aromatic carbocycles. The van der Waals surface area contributed by atoms with Crippen molar-refractivity contribution >= 4 is 13.7 Å². The summed E-state index contributed by atoms with van der Waals surface area (Å²) < 4.78 is 22.1. The Morgan fingerprint density at radius 1 is 0.654 bits per heavy atom. The van der Waals surface area contributed by atoms with Crippen LogP contribution in [0.1, 0.15) is 187 Å². The topological polar surface area (TPSA) is 131 Å². The van der Waals surface area contributed by atoms with Crippen LogP contribution in [-0.4, -0.2) is 47.8 Å². The smallest absolute Gasteiger partial charge is 0.387 e. The van der Waals surface area contributed by atoms with Crippen molar-refractivity contribution in [1.82, 2.24) is 5.32 Å². The Kier molecular flexibility index (Phi) is 38.0. The van der Waals surface area contributed by atoms with E-state index in [0.717, 1.165) is 64.2 Å². The second kappa shape index (κ2) is 39.2. The van der Waals surface area contributed by atoms with Crippen LogP contribution < -0.4 is 11.1 Å². The largest absolute Gasteiger partial charge is 0.472 e. The zero-order valence-corrected chi connectivity index (χ0v) is 34.4. The van der Waals surface area contributed by atoms with Crippen molar-refractivity contribution in [1.29, 1.82) is 0 Å². The molecule has 0 bridgehead atoms. The third-order valence-corrected chi connectivity index (χ3v) is 10.1. The van der Waals surface area contributed by atoms with Crippen LogP contribution >= 0.6 is 7.82 Å². The Morgan fingerprint density at radius 3 is 1.63 bits per heavy atom. The minimum atomic E-state index is -4.35. The summed E-state index contributed by atoms with van der Waals surface area (Å²) in [7, 11) is -4.35. The minimum absolute atomic E-state index is 0.0721. The lowest BCUT2D eigenvalue weighted by molar-refractivity contribution is -0.123. The number of amides is 1. The zero-order chi connectivity index (χ0) is 38.2. The lowest BCUT2D eigenvalue weighted by Crippen LogP contribution is -2.45. The lowest BCUT2D eigenvalue weighted by Gasteiger charge is -2.23. The van der Waals surface area contributed by atoms with Crippen LogP contribution in [0.25, 0.3) is 0 Å². The molecule has 8 nitrogen and oxygen atoms in total. The zero-order valence-electron chi connectivity index (χ0n) is 33.5. The fourth-order valence-electron chi connectivity index (χ4n) is 5.97. The molecule has 0 saturated heterocycles. The summed E-state index contributed by atoms with van der Waals surface area (Å²) in [4.78, 5) is 22.6. The van der Waals surface area contributed by atoms with Crippen molar-refractivity contribution in [2.24, 2.45) is 5.73 Å². The van der Waals surface area contributed by atoms with Gasteiger partial charge in [-0.1, -0.05) is 178 Å². The first kappa shape index (κ1) is 50.5. The van der Waals surface area contributed by atoms with E-state index in [2.05, 4.69) is 55.6 Å². The number of hydrogen-bond acceptors (Lipinski definition) is 6. The predicted molar refractivity (Wildman–Crippen MR) is 221 cm³/mol. The molecule has 0 aromatic rings. The first-order valence-corrected chi connectivity index (χ1v) is 22.8. The number of nitrogens with one attached hydrogen (secondary N) is 1. The highest BCUT2D eigenvalue weighted by Gasteiger charge is 2.26. The van der Waals surface area contributed by atoms with Gasteiger partial charge >= 0.3 is 7.82 Å². The van der Waals surface area contributed by atoms with Crippen molar-refractivity contribution < 1.29 is 28.4 Å². The van der Waals surface area contributed by atoms with Gasteiger partial charge in [0.2, 0.25) is 5.91 Å². The molecule has 3 unspecified atom stereocenters. The minimum Gasteiger partial charge on any atom is -0.387 e. The van der Waals surface area contributed by atoms with Crippen molar-refractivity contribution in [3.8, 4) is 0 Å². The van der Waals surface area contributed by atoms with Gasteiger partial charge in [0.05, 0.1) is 25.4 Å². The molecule has 52 heavy (non-hydrogen) atoms. The van der Waals surface area contributed by atoms with Gasteiger partial charge in [0, 0.05) is 13.0 Å². The molecule has 0 spiro atoms. The molecule has 0 aliphatic carbocycles. The summed E-state index contributed by atoms with van der Waals surface area (Å²) in [6, 6.07) is -0.875. The van der Waals surface area contributed by atoms with E-state index in [1.54, 1.807) is 6.08 Å². The van der Waals surface area contributed by atoms with E-state index in [1.807, 2.05) is 6.08 Å². The molecule has 5 N–H and O–H groups in total. The maximum atomic E-state index is 12.7. The molecule has 304 valence electrons. The van der Waals surface area contributed by atoms with Gasteiger partial charge in [-0.3, -0.25) is 13.8 Å². The van der Waals surface area contributed by atoms with Crippen molar-refractivity contribution in [2.75, 3.05) is 19.8 Å². The summed E-state index contributed by atoms with van der Waals surface area (Å²) in [6.07, 6.45) is 47.4. The molecule has 1 amide bonds. The van der Waals surface area contributed by atoms with Gasteiger partial charge in [0.1, 0.15) is 0 Å². The van der Waals surface area contributed by atoms with Crippen LogP contribution in [0.15, 0.2) is 48.6 Å². The SMILES string of the molecule is CC/C=C\C/C=C\C/C=C\CCCCCC(=O)NC(COP(=O)(O)OCCN)C(O)/C=C/CCCCCCCCCCCCCCCCCCCC. The summed E-state index contributed by atoms with van der Waals surface area (Å²) in [5, 5.41) is 13.6. The molecule has 3 atom stereocenters. The Bertz CT molecular complexity index is 954.